The quantitative estimate of drug-likeness (QED) is 0.0361. The largest absolute Gasteiger partial charge is 0.461 e. The summed E-state index contributed by atoms with van der Waals surface area (Å²) >= 11 is 0. The van der Waals surface area contributed by atoms with E-state index >= 15 is 0 Å². The van der Waals surface area contributed by atoms with Crippen molar-refractivity contribution in [1.82, 2.24) is 10.6 Å². The number of rotatable bonds is 22. The lowest BCUT2D eigenvalue weighted by atomic mass is 9.47. The van der Waals surface area contributed by atoms with E-state index in [1.165, 1.54) is 101 Å². The van der Waals surface area contributed by atoms with Gasteiger partial charge >= 0.3 is 24.1 Å². The summed E-state index contributed by atoms with van der Waals surface area (Å²) in [5.74, 6) is 20.3. The minimum atomic E-state index is -0.814. The monoisotopic (exact) mass is 1130 g/mol. The number of nitrogens with one attached hydrogen (secondary N) is 2. The van der Waals surface area contributed by atoms with Crippen molar-refractivity contribution in [1.29, 1.82) is 0 Å². The summed E-state index contributed by atoms with van der Waals surface area (Å²) in [6, 6.07) is -1.63. The zero-order valence-corrected chi connectivity index (χ0v) is 53.5. The number of amides is 2. The molecule has 8 aliphatic rings. The average Bonchev–Trinajstić information content (AvgIpc) is 2.26. The highest BCUT2D eigenvalue weighted by Crippen LogP contribution is 2.69. The lowest BCUT2D eigenvalue weighted by Crippen LogP contribution is -2.51. The maximum Gasteiger partial charge on any atom is 0.407 e. The van der Waals surface area contributed by atoms with Crippen LogP contribution in [-0.4, -0.2) is 61.6 Å². The van der Waals surface area contributed by atoms with Crippen molar-refractivity contribution in [3.8, 4) is 23.7 Å². The number of esters is 2. The number of ether oxygens (including phenoxy) is 4. The molecule has 8 rings (SSSR count). The number of allylic oxidation sites excluding steroid dienone is 2. The third kappa shape index (κ3) is 14.7. The van der Waals surface area contributed by atoms with Gasteiger partial charge in [0.05, 0.1) is 13.2 Å². The van der Waals surface area contributed by atoms with Crippen LogP contribution in [0.3, 0.4) is 0 Å². The van der Waals surface area contributed by atoms with Gasteiger partial charge < -0.3 is 29.6 Å². The molecule has 0 saturated heterocycles. The summed E-state index contributed by atoms with van der Waals surface area (Å²) in [5.41, 5.74) is 4.26. The maximum absolute atomic E-state index is 13.2. The Labute approximate surface area is 497 Å². The summed E-state index contributed by atoms with van der Waals surface area (Å²) in [7, 11) is 0. The molecule has 0 unspecified atom stereocenters. The Hall–Kier alpha value is -3.92. The normalized spacial score (nSPS) is 35.7. The van der Waals surface area contributed by atoms with Crippen LogP contribution >= 0.6 is 0 Å². The molecule has 2 amide bonds. The molecule has 2 N–H and O–H groups in total. The Kier molecular flexibility index (Phi) is 21.9. The van der Waals surface area contributed by atoms with Gasteiger partial charge in [-0.15, -0.1) is 0 Å². The Bertz CT molecular complexity index is 2240. The predicted molar refractivity (Wildman–Crippen MR) is 328 cm³/mol. The lowest BCUT2D eigenvalue weighted by Gasteiger charge is -2.58. The Morgan fingerprint density at radius 2 is 0.915 bits per heavy atom. The summed E-state index contributed by atoms with van der Waals surface area (Å²) in [5, 5.41) is 5.31. The molecule has 0 aromatic heterocycles. The van der Waals surface area contributed by atoms with Gasteiger partial charge in [-0.05, 0) is 221 Å². The molecule has 458 valence electrons. The summed E-state index contributed by atoms with van der Waals surface area (Å²) in [6.45, 7) is 28.5. The molecule has 0 aliphatic heterocycles. The highest BCUT2D eigenvalue weighted by atomic mass is 16.6. The first-order valence-electron chi connectivity index (χ1n) is 33.7. The van der Waals surface area contributed by atoms with E-state index < -0.39 is 36.2 Å². The van der Waals surface area contributed by atoms with Gasteiger partial charge in [-0.2, -0.15) is 0 Å². The smallest absolute Gasteiger partial charge is 0.407 e. The second-order valence-electron chi connectivity index (χ2n) is 30.0. The first-order chi connectivity index (χ1) is 39.1. The second-order valence-corrected chi connectivity index (χ2v) is 30.0. The molecule has 0 radical (unpaired) electrons. The molecular weight excluding hydrogens is 1020 g/mol. The van der Waals surface area contributed by atoms with Crippen molar-refractivity contribution < 1.29 is 38.1 Å². The van der Waals surface area contributed by atoms with Crippen LogP contribution in [0.5, 0.6) is 0 Å². The van der Waals surface area contributed by atoms with Crippen LogP contribution in [0.2, 0.25) is 0 Å². The van der Waals surface area contributed by atoms with Crippen molar-refractivity contribution in [3.63, 3.8) is 0 Å². The predicted octanol–water partition coefficient (Wildman–Crippen LogP) is 16.7. The molecule has 0 aromatic rings. The summed E-state index contributed by atoms with van der Waals surface area (Å²) < 4.78 is 22.8. The molecule has 6 fully saturated rings. The van der Waals surface area contributed by atoms with E-state index in [1.807, 2.05) is 0 Å². The SMILES string of the molecule is CC(C)CCC[C@@H](C)[C@H]1CC[C@H]2[C@@H]3CC=C4C[C@@H](OC(=O)[C@@H](C)NC(=O)OCCCC#CC#CCCCOC(=O)N[C@H](C)C(=O)O[C@H]5CC[C@@]6(C)C(=CC[C@H]7[C@@H]8CC[C@H]([C@H](C)CCCC(C)C)[C@@]8(C)CC[C@@H]76)C5)CC[C@]4(C)[C@H]3CC[C@]12C. The number of carbonyl (C=O) groups excluding carboxylic acids is 4. The van der Waals surface area contributed by atoms with E-state index in [1.54, 1.807) is 13.8 Å². The Balaban J connectivity index is 0.653. The van der Waals surface area contributed by atoms with Crippen molar-refractivity contribution in [2.45, 2.75) is 274 Å². The first-order valence-corrected chi connectivity index (χ1v) is 33.7. The number of unbranched alkanes of at least 4 members (excludes halogenated alkanes) is 2. The molecule has 0 heterocycles. The molecule has 82 heavy (non-hydrogen) atoms. The Morgan fingerprint density at radius 3 is 1.30 bits per heavy atom. The third-order valence-corrected chi connectivity index (χ3v) is 24.1. The molecule has 6 saturated carbocycles. The van der Waals surface area contributed by atoms with Crippen LogP contribution in [0, 0.1) is 116 Å². The maximum atomic E-state index is 13.2. The fourth-order valence-electron chi connectivity index (χ4n) is 19.5. The number of fused-ring (bicyclic) bond motifs is 10. The van der Waals surface area contributed by atoms with Gasteiger partial charge in [0.1, 0.15) is 24.3 Å². The van der Waals surface area contributed by atoms with E-state index in [0.29, 0.717) is 48.3 Å². The molecule has 18 atom stereocenters. The highest BCUT2D eigenvalue weighted by molar-refractivity contribution is 5.81. The number of hydrogen-bond acceptors (Lipinski definition) is 8. The summed E-state index contributed by atoms with van der Waals surface area (Å²) in [4.78, 5) is 51.6. The van der Waals surface area contributed by atoms with Crippen molar-refractivity contribution in [3.05, 3.63) is 23.3 Å². The minimum Gasteiger partial charge on any atom is -0.461 e. The molecule has 0 spiro atoms. The Morgan fingerprint density at radius 1 is 0.512 bits per heavy atom. The minimum absolute atomic E-state index is 0.166. The van der Waals surface area contributed by atoms with Gasteiger partial charge in [-0.25, -0.2) is 19.2 Å². The van der Waals surface area contributed by atoms with E-state index in [0.717, 1.165) is 111 Å². The zero-order valence-electron chi connectivity index (χ0n) is 53.5. The van der Waals surface area contributed by atoms with E-state index in [9.17, 15) is 19.2 Å². The fourth-order valence-corrected chi connectivity index (χ4v) is 19.5. The van der Waals surface area contributed by atoms with Crippen LogP contribution in [-0.2, 0) is 28.5 Å². The van der Waals surface area contributed by atoms with Crippen LogP contribution in [0.25, 0.3) is 0 Å². The van der Waals surface area contributed by atoms with Crippen molar-refractivity contribution in [2.24, 2.45) is 92.7 Å². The van der Waals surface area contributed by atoms with Gasteiger partial charge in [-0.3, -0.25) is 0 Å². The standard InChI is InChI=1S/C72H112N2O8/c1-47(2)23-21-25-49(5)59-31-33-61-57-29-27-53-45-55(35-39-69(53,9)63(57)37-41-71(59,61)11)81-65(75)51(7)73-67(77)79-43-19-17-15-13-14-16-18-20-44-80-68(78)74-52(8)66(76)82-56-36-40-70(10)54(46-56)28-30-58-62-34-32-60(50(6)26-22-24-48(3)4)72(62,12)42-38-64(58)70/h27-28,47-52,55-64H,17-26,29-46H2,1-12H3,(H,73,77)(H,74,78)/t49-,50-,51-,52-,55+,56+,57+,58+,59-,60-,61+,62+,63+,64+,69+,70+,71-,72-/m1/s1. The highest BCUT2D eigenvalue weighted by Gasteiger charge is 2.61. The van der Waals surface area contributed by atoms with E-state index in [-0.39, 0.29) is 36.3 Å². The van der Waals surface area contributed by atoms with Crippen LogP contribution in [0.1, 0.15) is 250 Å². The molecule has 0 bridgehead atoms. The summed E-state index contributed by atoms with van der Waals surface area (Å²) in [6.07, 6.45) is 32.3. The zero-order chi connectivity index (χ0) is 59.0. The van der Waals surface area contributed by atoms with Crippen molar-refractivity contribution in [2.75, 3.05) is 13.2 Å². The number of carbonyl (C=O) groups is 4. The fraction of sp³-hybridized carbons (Fsp3) is 0.833. The number of alkyl carbamates (subject to hydrolysis) is 2. The average molecular weight is 1130 g/mol. The van der Waals surface area contributed by atoms with Crippen LogP contribution in [0.15, 0.2) is 23.3 Å². The van der Waals surface area contributed by atoms with Crippen LogP contribution in [0.4, 0.5) is 9.59 Å². The van der Waals surface area contributed by atoms with Gasteiger partial charge in [0, 0.05) is 25.7 Å². The molecule has 0 aromatic carbocycles. The molecule has 8 aliphatic carbocycles. The van der Waals surface area contributed by atoms with Crippen molar-refractivity contribution >= 4 is 24.1 Å². The van der Waals surface area contributed by atoms with Gasteiger partial charge in [0.25, 0.3) is 0 Å². The lowest BCUT2D eigenvalue weighted by molar-refractivity contribution is -0.154. The van der Waals surface area contributed by atoms with Gasteiger partial charge in [0.2, 0.25) is 0 Å². The van der Waals surface area contributed by atoms with E-state index in [4.69, 9.17) is 18.9 Å². The molecule has 10 nitrogen and oxygen atoms in total. The molecule has 10 heteroatoms. The topological polar surface area (TPSA) is 129 Å². The second kappa shape index (κ2) is 28.1. The van der Waals surface area contributed by atoms with Gasteiger partial charge in [-0.1, -0.05) is 143 Å². The van der Waals surface area contributed by atoms with Gasteiger partial charge in [0.15, 0.2) is 0 Å². The van der Waals surface area contributed by atoms with E-state index in [2.05, 4.69) is 116 Å². The third-order valence-electron chi connectivity index (χ3n) is 24.1. The first kappa shape index (κ1) is 64.1. The molecular formula is C72H112N2O8. The number of hydrogen-bond donors (Lipinski definition) is 2. The van der Waals surface area contributed by atoms with Crippen LogP contribution < -0.4 is 10.6 Å².